The van der Waals surface area contributed by atoms with Crippen LogP contribution in [0.25, 0.3) is 5.69 Å². The SMILES string of the molecule is Cc1ccc(C#N)cc1-n1cccc1. The van der Waals surface area contributed by atoms with Crippen LogP contribution in [0.4, 0.5) is 0 Å². The van der Waals surface area contributed by atoms with Crippen molar-refractivity contribution in [3.05, 3.63) is 53.9 Å². The molecule has 1 heterocycles. The van der Waals surface area contributed by atoms with Gasteiger partial charge in [-0.3, -0.25) is 0 Å². The lowest BCUT2D eigenvalue weighted by molar-refractivity contribution is 1.06. The molecular formula is C12H10N2. The van der Waals surface area contributed by atoms with Crippen molar-refractivity contribution >= 4 is 0 Å². The summed E-state index contributed by atoms with van der Waals surface area (Å²) in [5.74, 6) is 0. The fraction of sp³-hybridized carbons (Fsp3) is 0.0833. The zero-order chi connectivity index (χ0) is 9.97. The van der Waals surface area contributed by atoms with Gasteiger partial charge in [-0.2, -0.15) is 5.26 Å². The highest BCUT2D eigenvalue weighted by Crippen LogP contribution is 2.15. The summed E-state index contributed by atoms with van der Waals surface area (Å²) < 4.78 is 2.01. The zero-order valence-electron chi connectivity index (χ0n) is 7.94. The van der Waals surface area contributed by atoms with Crippen LogP contribution in [0, 0.1) is 18.3 Å². The predicted molar refractivity (Wildman–Crippen MR) is 55.2 cm³/mol. The molecule has 0 bridgehead atoms. The van der Waals surface area contributed by atoms with Crippen molar-refractivity contribution in [3.8, 4) is 11.8 Å². The Balaban J connectivity index is 2.58. The molecule has 0 aliphatic carbocycles. The fourth-order valence-electron chi connectivity index (χ4n) is 1.45. The Morgan fingerprint density at radius 1 is 1.21 bits per heavy atom. The van der Waals surface area contributed by atoms with Crippen LogP contribution in [0.1, 0.15) is 11.1 Å². The molecule has 2 nitrogen and oxygen atoms in total. The summed E-state index contributed by atoms with van der Waals surface area (Å²) >= 11 is 0. The molecule has 0 unspecified atom stereocenters. The minimum atomic E-state index is 0.694. The largest absolute Gasteiger partial charge is 0.324 e. The number of rotatable bonds is 1. The summed E-state index contributed by atoms with van der Waals surface area (Å²) in [6.07, 6.45) is 3.95. The van der Waals surface area contributed by atoms with Gasteiger partial charge in [-0.1, -0.05) is 6.07 Å². The van der Waals surface area contributed by atoms with Gasteiger partial charge in [-0.15, -0.1) is 0 Å². The molecule has 0 radical (unpaired) electrons. The number of benzene rings is 1. The summed E-state index contributed by atoms with van der Waals surface area (Å²) in [7, 11) is 0. The number of nitrogens with zero attached hydrogens (tertiary/aromatic N) is 2. The van der Waals surface area contributed by atoms with Gasteiger partial charge >= 0.3 is 0 Å². The van der Waals surface area contributed by atoms with Crippen molar-refractivity contribution < 1.29 is 0 Å². The number of nitriles is 1. The Morgan fingerprint density at radius 3 is 2.57 bits per heavy atom. The second-order valence-corrected chi connectivity index (χ2v) is 3.20. The lowest BCUT2D eigenvalue weighted by atomic mass is 10.1. The van der Waals surface area contributed by atoms with Gasteiger partial charge in [-0.05, 0) is 36.8 Å². The number of aromatic nitrogens is 1. The van der Waals surface area contributed by atoms with E-state index in [2.05, 4.69) is 6.07 Å². The Labute approximate surface area is 83.0 Å². The maximum Gasteiger partial charge on any atom is 0.0992 e. The summed E-state index contributed by atoms with van der Waals surface area (Å²) in [5, 5.41) is 8.79. The van der Waals surface area contributed by atoms with Crippen LogP contribution in [0.2, 0.25) is 0 Å². The maximum atomic E-state index is 8.79. The van der Waals surface area contributed by atoms with E-state index in [4.69, 9.17) is 5.26 Å². The number of hydrogen-bond acceptors (Lipinski definition) is 1. The average Bonchev–Trinajstić information content (AvgIpc) is 2.71. The molecule has 0 fully saturated rings. The molecule has 0 aliphatic heterocycles. The molecule has 0 atom stereocenters. The highest BCUT2D eigenvalue weighted by Gasteiger charge is 2.00. The molecule has 14 heavy (non-hydrogen) atoms. The van der Waals surface area contributed by atoms with Crippen molar-refractivity contribution in [3.63, 3.8) is 0 Å². The van der Waals surface area contributed by atoms with E-state index in [9.17, 15) is 0 Å². The fourth-order valence-corrected chi connectivity index (χ4v) is 1.45. The monoisotopic (exact) mass is 182 g/mol. The van der Waals surface area contributed by atoms with E-state index < -0.39 is 0 Å². The molecule has 2 rings (SSSR count). The summed E-state index contributed by atoms with van der Waals surface area (Å²) in [4.78, 5) is 0. The molecule has 2 heteroatoms. The third-order valence-corrected chi connectivity index (χ3v) is 2.22. The molecule has 0 saturated carbocycles. The second kappa shape index (κ2) is 3.39. The third-order valence-electron chi connectivity index (χ3n) is 2.22. The first-order valence-electron chi connectivity index (χ1n) is 4.45. The second-order valence-electron chi connectivity index (χ2n) is 3.20. The van der Waals surface area contributed by atoms with Crippen molar-refractivity contribution in [2.45, 2.75) is 6.92 Å². The highest BCUT2D eigenvalue weighted by atomic mass is 14.9. The zero-order valence-corrected chi connectivity index (χ0v) is 7.94. The molecule has 0 amide bonds. The lowest BCUT2D eigenvalue weighted by Gasteiger charge is -2.06. The Bertz CT molecular complexity index is 476. The maximum absolute atomic E-state index is 8.79. The summed E-state index contributed by atoms with van der Waals surface area (Å²) in [5.41, 5.74) is 2.92. The minimum Gasteiger partial charge on any atom is -0.324 e. The molecule has 0 spiro atoms. The first kappa shape index (κ1) is 8.58. The first-order chi connectivity index (χ1) is 6.81. The van der Waals surface area contributed by atoms with Crippen molar-refractivity contribution in [2.24, 2.45) is 0 Å². The smallest absolute Gasteiger partial charge is 0.0992 e. The van der Waals surface area contributed by atoms with Gasteiger partial charge < -0.3 is 4.57 Å². The molecule has 0 N–H and O–H groups in total. The van der Waals surface area contributed by atoms with Gasteiger partial charge in [-0.25, -0.2) is 0 Å². The van der Waals surface area contributed by atoms with E-state index in [0.29, 0.717) is 5.56 Å². The third kappa shape index (κ3) is 1.40. The van der Waals surface area contributed by atoms with Gasteiger partial charge in [0.15, 0.2) is 0 Å². The van der Waals surface area contributed by atoms with E-state index in [-0.39, 0.29) is 0 Å². The van der Waals surface area contributed by atoms with Gasteiger partial charge in [0.1, 0.15) is 0 Å². The Morgan fingerprint density at radius 2 is 1.93 bits per heavy atom. The first-order valence-corrected chi connectivity index (χ1v) is 4.45. The van der Waals surface area contributed by atoms with Crippen molar-refractivity contribution in [2.75, 3.05) is 0 Å². The summed E-state index contributed by atoms with van der Waals surface area (Å²) in [6, 6.07) is 11.8. The van der Waals surface area contributed by atoms with E-state index in [1.807, 2.05) is 54.2 Å². The quantitative estimate of drug-likeness (QED) is 0.666. The van der Waals surface area contributed by atoms with E-state index in [1.54, 1.807) is 0 Å². The average molecular weight is 182 g/mol. The van der Waals surface area contributed by atoms with Gasteiger partial charge in [0.05, 0.1) is 11.6 Å². The van der Waals surface area contributed by atoms with E-state index in [1.165, 1.54) is 5.56 Å². The van der Waals surface area contributed by atoms with Crippen LogP contribution in [-0.2, 0) is 0 Å². The topological polar surface area (TPSA) is 28.7 Å². The van der Waals surface area contributed by atoms with Crippen LogP contribution in [-0.4, -0.2) is 4.57 Å². The Kier molecular flexibility index (Phi) is 2.08. The molecule has 2 aromatic rings. The molecule has 0 saturated heterocycles. The van der Waals surface area contributed by atoms with Gasteiger partial charge in [0.25, 0.3) is 0 Å². The van der Waals surface area contributed by atoms with Gasteiger partial charge in [0, 0.05) is 18.1 Å². The van der Waals surface area contributed by atoms with E-state index >= 15 is 0 Å². The normalized spacial score (nSPS) is 9.71. The van der Waals surface area contributed by atoms with E-state index in [0.717, 1.165) is 5.69 Å². The van der Waals surface area contributed by atoms with Crippen LogP contribution in [0.3, 0.4) is 0 Å². The van der Waals surface area contributed by atoms with Crippen LogP contribution < -0.4 is 0 Å². The number of hydrogen-bond donors (Lipinski definition) is 0. The minimum absolute atomic E-state index is 0.694. The highest BCUT2D eigenvalue weighted by molar-refractivity contribution is 5.47. The lowest BCUT2D eigenvalue weighted by Crippen LogP contribution is -1.93. The predicted octanol–water partition coefficient (Wildman–Crippen LogP) is 2.66. The standard InChI is InChI=1S/C12H10N2/c1-10-4-5-11(9-13)8-12(10)14-6-2-3-7-14/h2-8H,1H3. The van der Waals surface area contributed by atoms with Crippen LogP contribution in [0.5, 0.6) is 0 Å². The molecule has 0 aliphatic rings. The summed E-state index contributed by atoms with van der Waals surface area (Å²) in [6.45, 7) is 2.04. The van der Waals surface area contributed by atoms with Gasteiger partial charge in [0.2, 0.25) is 0 Å². The number of aryl methyl sites for hydroxylation is 1. The van der Waals surface area contributed by atoms with Crippen molar-refractivity contribution in [1.82, 2.24) is 4.57 Å². The molecule has 1 aromatic heterocycles. The Hall–Kier alpha value is -2.01. The van der Waals surface area contributed by atoms with Crippen LogP contribution in [0.15, 0.2) is 42.7 Å². The molecule has 1 aromatic carbocycles. The molecule has 68 valence electrons. The molecular weight excluding hydrogens is 172 g/mol. The van der Waals surface area contributed by atoms with Crippen LogP contribution >= 0.6 is 0 Å². The van der Waals surface area contributed by atoms with Crippen molar-refractivity contribution in [1.29, 1.82) is 5.26 Å².